The smallest absolute Gasteiger partial charge is 0.253 e. The molecule has 176 valence electrons. The summed E-state index contributed by atoms with van der Waals surface area (Å²) in [5.74, 6) is 0.988. The standard InChI is InChI=1S/C27H36N4O2/c1-16(2)24-22-14-20(19-9-11-31(12-10-19)27(33)18(4)28-5)7-8-23(22)29-25(24)21-13-17(3)26(32)30(6)15-21/h7-8,13-16,18-19,28-29H,9-12H2,1-6H3/t18-/m0/s1. The Hall–Kier alpha value is -2.86. The Balaban J connectivity index is 1.67. The first-order valence-electron chi connectivity index (χ1n) is 12.0. The molecule has 3 aromatic rings. The molecular formula is C27H36N4O2. The van der Waals surface area contributed by atoms with Gasteiger partial charge >= 0.3 is 0 Å². The number of piperidine rings is 1. The van der Waals surface area contributed by atoms with Crippen molar-refractivity contribution in [1.82, 2.24) is 19.8 Å². The molecule has 6 nitrogen and oxygen atoms in total. The van der Waals surface area contributed by atoms with Crippen molar-refractivity contribution >= 4 is 16.8 Å². The zero-order valence-corrected chi connectivity index (χ0v) is 20.7. The van der Waals surface area contributed by atoms with E-state index in [0.29, 0.717) is 11.8 Å². The molecule has 0 unspecified atom stereocenters. The number of aromatic amines is 1. The van der Waals surface area contributed by atoms with Crippen LogP contribution in [0.15, 0.2) is 35.3 Å². The van der Waals surface area contributed by atoms with Gasteiger partial charge in [0.25, 0.3) is 5.56 Å². The van der Waals surface area contributed by atoms with Crippen molar-refractivity contribution in [3.05, 3.63) is 57.5 Å². The lowest BCUT2D eigenvalue weighted by molar-refractivity contribution is -0.133. The summed E-state index contributed by atoms with van der Waals surface area (Å²) < 4.78 is 1.66. The van der Waals surface area contributed by atoms with Gasteiger partial charge in [0.1, 0.15) is 0 Å². The topological polar surface area (TPSA) is 70.1 Å². The zero-order chi connectivity index (χ0) is 23.9. The SMILES string of the molecule is CN[C@@H](C)C(=O)N1CCC(c2ccc3[nH]c(-c4cc(C)c(=O)n(C)c4)c(C(C)C)c3c2)CC1. The van der Waals surface area contributed by atoms with E-state index in [4.69, 9.17) is 0 Å². The second-order valence-electron chi connectivity index (χ2n) is 9.81. The molecule has 1 aliphatic rings. The summed E-state index contributed by atoms with van der Waals surface area (Å²) in [5, 5.41) is 4.31. The summed E-state index contributed by atoms with van der Waals surface area (Å²) in [6.45, 7) is 9.85. The minimum atomic E-state index is -0.133. The van der Waals surface area contributed by atoms with Crippen LogP contribution in [0.4, 0.5) is 0 Å². The fraction of sp³-hybridized carbons (Fsp3) is 0.481. The van der Waals surface area contributed by atoms with Gasteiger partial charge in [0.2, 0.25) is 5.91 Å². The lowest BCUT2D eigenvalue weighted by atomic mass is 9.87. The molecule has 0 spiro atoms. The van der Waals surface area contributed by atoms with Crippen LogP contribution in [0, 0.1) is 6.92 Å². The van der Waals surface area contributed by atoms with Crippen LogP contribution >= 0.6 is 0 Å². The normalized spacial score (nSPS) is 16.0. The number of nitrogens with zero attached hydrogens (tertiary/aromatic N) is 2. The van der Waals surface area contributed by atoms with Gasteiger partial charge in [-0.1, -0.05) is 19.9 Å². The van der Waals surface area contributed by atoms with Crippen LogP contribution in [0.5, 0.6) is 0 Å². The van der Waals surface area contributed by atoms with E-state index in [1.54, 1.807) is 4.57 Å². The second-order valence-corrected chi connectivity index (χ2v) is 9.81. The molecule has 2 N–H and O–H groups in total. The van der Waals surface area contributed by atoms with E-state index in [9.17, 15) is 9.59 Å². The third-order valence-electron chi connectivity index (χ3n) is 7.17. The third kappa shape index (κ3) is 4.36. The van der Waals surface area contributed by atoms with Crippen LogP contribution in [-0.4, -0.2) is 46.5 Å². The van der Waals surface area contributed by atoms with Crippen LogP contribution in [0.25, 0.3) is 22.2 Å². The molecule has 0 saturated carbocycles. The molecular weight excluding hydrogens is 412 g/mol. The van der Waals surface area contributed by atoms with Gasteiger partial charge in [-0.15, -0.1) is 0 Å². The predicted octanol–water partition coefficient (Wildman–Crippen LogP) is 4.28. The van der Waals surface area contributed by atoms with E-state index in [-0.39, 0.29) is 17.5 Å². The summed E-state index contributed by atoms with van der Waals surface area (Å²) >= 11 is 0. The first-order chi connectivity index (χ1) is 15.7. The van der Waals surface area contributed by atoms with Crippen LogP contribution in [-0.2, 0) is 11.8 Å². The van der Waals surface area contributed by atoms with Gasteiger partial charge in [0.05, 0.1) is 11.7 Å². The molecule has 4 rings (SSSR count). The summed E-state index contributed by atoms with van der Waals surface area (Å²) in [6, 6.07) is 8.62. The number of aryl methyl sites for hydroxylation is 2. The number of fused-ring (bicyclic) bond motifs is 1. The van der Waals surface area contributed by atoms with E-state index in [1.807, 2.05) is 45.1 Å². The number of nitrogens with one attached hydrogen (secondary N) is 2. The molecule has 1 aliphatic heterocycles. The maximum atomic E-state index is 12.5. The average Bonchev–Trinajstić information content (AvgIpc) is 3.20. The van der Waals surface area contributed by atoms with E-state index in [2.05, 4.69) is 42.3 Å². The van der Waals surface area contributed by atoms with Crippen molar-refractivity contribution in [1.29, 1.82) is 0 Å². The molecule has 1 amide bonds. The van der Waals surface area contributed by atoms with E-state index in [1.165, 1.54) is 16.5 Å². The van der Waals surface area contributed by atoms with E-state index < -0.39 is 0 Å². The number of benzene rings is 1. The number of carbonyl (C=O) groups is 1. The number of aromatic nitrogens is 2. The quantitative estimate of drug-likeness (QED) is 0.612. The first-order valence-corrected chi connectivity index (χ1v) is 12.0. The molecule has 2 aromatic heterocycles. The average molecular weight is 449 g/mol. The minimum Gasteiger partial charge on any atom is -0.354 e. The molecule has 0 radical (unpaired) electrons. The molecule has 1 atom stereocenters. The van der Waals surface area contributed by atoms with Crippen molar-refractivity contribution in [3.63, 3.8) is 0 Å². The number of rotatable bonds is 5. The third-order valence-corrected chi connectivity index (χ3v) is 7.17. The van der Waals surface area contributed by atoms with Crippen LogP contribution in [0.3, 0.4) is 0 Å². The number of carbonyl (C=O) groups excluding carboxylic acids is 1. The largest absolute Gasteiger partial charge is 0.354 e. The molecule has 1 saturated heterocycles. The van der Waals surface area contributed by atoms with Crippen LogP contribution < -0.4 is 10.9 Å². The van der Waals surface area contributed by atoms with Gasteiger partial charge in [-0.2, -0.15) is 0 Å². The predicted molar refractivity (Wildman–Crippen MR) is 135 cm³/mol. The number of pyridine rings is 1. The number of H-pyrrole nitrogens is 1. The maximum Gasteiger partial charge on any atom is 0.253 e. The van der Waals surface area contributed by atoms with E-state index in [0.717, 1.165) is 48.3 Å². The number of hydrogen-bond acceptors (Lipinski definition) is 3. The van der Waals surface area contributed by atoms with Gasteiger partial charge in [-0.25, -0.2) is 0 Å². The highest BCUT2D eigenvalue weighted by Crippen LogP contribution is 2.38. The molecule has 6 heteroatoms. The van der Waals surface area contributed by atoms with Crippen molar-refractivity contribution < 1.29 is 4.79 Å². The molecule has 0 aliphatic carbocycles. The summed E-state index contributed by atoms with van der Waals surface area (Å²) in [7, 11) is 3.64. The fourth-order valence-electron chi connectivity index (χ4n) is 5.16. The molecule has 3 heterocycles. The van der Waals surface area contributed by atoms with Crippen molar-refractivity contribution in [3.8, 4) is 11.3 Å². The first kappa shape index (κ1) is 23.3. The van der Waals surface area contributed by atoms with Gasteiger partial charge in [0, 0.05) is 48.4 Å². The zero-order valence-electron chi connectivity index (χ0n) is 20.7. The van der Waals surface area contributed by atoms with Gasteiger partial charge in [-0.3, -0.25) is 9.59 Å². The highest BCUT2D eigenvalue weighted by molar-refractivity contribution is 5.92. The molecule has 33 heavy (non-hydrogen) atoms. The molecule has 1 aromatic carbocycles. The van der Waals surface area contributed by atoms with Crippen LogP contribution in [0.2, 0.25) is 0 Å². The molecule has 1 fully saturated rings. The second kappa shape index (κ2) is 9.18. The number of likely N-dealkylation sites (N-methyl/N-ethyl adjacent to an activating group) is 1. The summed E-state index contributed by atoms with van der Waals surface area (Å²) in [4.78, 5) is 30.3. The Kier molecular flexibility index (Phi) is 6.48. The van der Waals surface area contributed by atoms with Crippen molar-refractivity contribution in [2.24, 2.45) is 7.05 Å². The van der Waals surface area contributed by atoms with E-state index >= 15 is 0 Å². The van der Waals surface area contributed by atoms with Crippen LogP contribution in [0.1, 0.15) is 62.1 Å². The number of amides is 1. The minimum absolute atomic E-state index is 0.0391. The molecule has 0 bridgehead atoms. The Morgan fingerprint density at radius 1 is 1.15 bits per heavy atom. The fourth-order valence-corrected chi connectivity index (χ4v) is 5.16. The Morgan fingerprint density at radius 2 is 1.85 bits per heavy atom. The Labute approximate surface area is 196 Å². The summed E-state index contributed by atoms with van der Waals surface area (Å²) in [5.41, 5.74) is 6.69. The maximum absolute atomic E-state index is 12.5. The highest BCUT2D eigenvalue weighted by Gasteiger charge is 2.27. The summed E-state index contributed by atoms with van der Waals surface area (Å²) in [6.07, 6.45) is 3.90. The van der Waals surface area contributed by atoms with Gasteiger partial charge < -0.3 is 19.8 Å². The highest BCUT2D eigenvalue weighted by atomic mass is 16.2. The van der Waals surface area contributed by atoms with Crippen molar-refractivity contribution in [2.45, 2.75) is 58.4 Å². The Morgan fingerprint density at radius 3 is 2.45 bits per heavy atom. The van der Waals surface area contributed by atoms with Crippen molar-refractivity contribution in [2.75, 3.05) is 20.1 Å². The number of likely N-dealkylation sites (tertiary alicyclic amines) is 1. The van der Waals surface area contributed by atoms with Gasteiger partial charge in [-0.05, 0) is 74.9 Å². The number of hydrogen-bond donors (Lipinski definition) is 2. The monoisotopic (exact) mass is 448 g/mol. The lowest BCUT2D eigenvalue weighted by Crippen LogP contribution is -2.46. The van der Waals surface area contributed by atoms with Gasteiger partial charge in [0.15, 0.2) is 0 Å². The lowest BCUT2D eigenvalue weighted by Gasteiger charge is -2.33. The Bertz CT molecular complexity index is 1200.